The first-order chi connectivity index (χ1) is 20.3. The summed E-state index contributed by atoms with van der Waals surface area (Å²) in [5.41, 5.74) is 9.64. The van der Waals surface area contributed by atoms with Crippen LogP contribution in [0, 0.1) is 0 Å². The van der Waals surface area contributed by atoms with E-state index in [4.69, 9.17) is 15.2 Å². The second-order valence-corrected chi connectivity index (χ2v) is 11.3. The SMILES string of the molecule is CC(C)(C)OC=O.NCc1cc(OC(=O)c2ccccc2)ccc1C1CCNCC1OCc1ccc2ccccc2c1. The van der Waals surface area contributed by atoms with Gasteiger partial charge in [-0.2, -0.15) is 0 Å². The van der Waals surface area contributed by atoms with E-state index in [2.05, 4.69) is 52.5 Å². The second-order valence-electron chi connectivity index (χ2n) is 11.3. The van der Waals surface area contributed by atoms with Crippen molar-refractivity contribution in [3.63, 3.8) is 0 Å². The molecule has 0 aliphatic carbocycles. The number of fused-ring (bicyclic) bond motifs is 1. The Morgan fingerprint density at radius 3 is 2.38 bits per heavy atom. The number of ether oxygens (including phenoxy) is 3. The molecule has 0 amide bonds. The van der Waals surface area contributed by atoms with E-state index in [1.165, 1.54) is 10.8 Å². The van der Waals surface area contributed by atoms with E-state index in [-0.39, 0.29) is 23.6 Å². The van der Waals surface area contributed by atoms with Gasteiger partial charge in [0.05, 0.1) is 18.3 Å². The Labute approximate surface area is 248 Å². The molecule has 4 aromatic carbocycles. The monoisotopic (exact) mass is 568 g/mol. The molecule has 1 aliphatic rings. The summed E-state index contributed by atoms with van der Waals surface area (Å²) >= 11 is 0. The maximum Gasteiger partial charge on any atom is 0.343 e. The fourth-order valence-corrected chi connectivity index (χ4v) is 4.96. The van der Waals surface area contributed by atoms with E-state index in [0.717, 1.165) is 36.2 Å². The molecule has 2 atom stereocenters. The predicted molar refractivity (Wildman–Crippen MR) is 165 cm³/mol. The van der Waals surface area contributed by atoms with Gasteiger partial charge in [0.2, 0.25) is 0 Å². The number of carbonyl (C=O) groups excluding carboxylic acids is 2. The Morgan fingerprint density at radius 1 is 0.952 bits per heavy atom. The highest BCUT2D eigenvalue weighted by atomic mass is 16.5. The van der Waals surface area contributed by atoms with Crippen molar-refractivity contribution in [1.29, 1.82) is 0 Å². The summed E-state index contributed by atoms with van der Waals surface area (Å²) in [5, 5.41) is 5.92. The zero-order valence-electron chi connectivity index (χ0n) is 24.5. The lowest BCUT2D eigenvalue weighted by molar-refractivity contribution is -0.138. The van der Waals surface area contributed by atoms with Gasteiger partial charge in [-0.15, -0.1) is 0 Å². The van der Waals surface area contributed by atoms with E-state index < -0.39 is 0 Å². The topological polar surface area (TPSA) is 99.9 Å². The first-order valence-electron chi connectivity index (χ1n) is 14.3. The number of carbonyl (C=O) groups is 2. The minimum absolute atomic E-state index is 0.0261. The first-order valence-corrected chi connectivity index (χ1v) is 14.3. The molecule has 220 valence electrons. The van der Waals surface area contributed by atoms with Gasteiger partial charge in [0.15, 0.2) is 0 Å². The van der Waals surface area contributed by atoms with Crippen LogP contribution in [0.5, 0.6) is 5.75 Å². The Bertz CT molecular complexity index is 1470. The van der Waals surface area contributed by atoms with Crippen LogP contribution in [0.3, 0.4) is 0 Å². The van der Waals surface area contributed by atoms with E-state index in [1.807, 2.05) is 57.2 Å². The molecule has 4 aromatic rings. The zero-order chi connectivity index (χ0) is 30.0. The Morgan fingerprint density at radius 2 is 1.69 bits per heavy atom. The zero-order valence-corrected chi connectivity index (χ0v) is 24.5. The van der Waals surface area contributed by atoms with Gasteiger partial charge in [0.25, 0.3) is 6.47 Å². The highest BCUT2D eigenvalue weighted by Crippen LogP contribution is 2.33. The minimum atomic E-state index is -0.375. The third-order valence-electron chi connectivity index (χ3n) is 7.06. The molecule has 7 nitrogen and oxygen atoms in total. The summed E-state index contributed by atoms with van der Waals surface area (Å²) in [5.74, 6) is 0.347. The van der Waals surface area contributed by atoms with Crippen LogP contribution in [0.15, 0.2) is 91.0 Å². The van der Waals surface area contributed by atoms with Crippen LogP contribution in [0.25, 0.3) is 10.8 Å². The molecule has 42 heavy (non-hydrogen) atoms. The third-order valence-corrected chi connectivity index (χ3v) is 7.06. The van der Waals surface area contributed by atoms with Crippen LogP contribution >= 0.6 is 0 Å². The van der Waals surface area contributed by atoms with E-state index in [1.54, 1.807) is 12.1 Å². The summed E-state index contributed by atoms with van der Waals surface area (Å²) in [7, 11) is 0. The molecule has 0 aromatic heterocycles. The second kappa shape index (κ2) is 14.7. The van der Waals surface area contributed by atoms with Gasteiger partial charge < -0.3 is 25.3 Å². The Balaban J connectivity index is 0.000000517. The lowest BCUT2D eigenvalue weighted by Crippen LogP contribution is -2.41. The highest BCUT2D eigenvalue weighted by molar-refractivity contribution is 5.91. The number of benzene rings is 4. The van der Waals surface area contributed by atoms with Crippen molar-refractivity contribution in [2.75, 3.05) is 13.1 Å². The number of hydrogen-bond acceptors (Lipinski definition) is 7. The molecule has 1 saturated heterocycles. The minimum Gasteiger partial charge on any atom is -0.462 e. The maximum absolute atomic E-state index is 12.5. The highest BCUT2D eigenvalue weighted by Gasteiger charge is 2.29. The molecule has 0 radical (unpaired) electrons. The quantitative estimate of drug-likeness (QED) is 0.150. The summed E-state index contributed by atoms with van der Waals surface area (Å²) < 4.78 is 16.6. The summed E-state index contributed by atoms with van der Waals surface area (Å²) in [6, 6.07) is 29.6. The molecule has 0 spiro atoms. The van der Waals surface area contributed by atoms with Crippen LogP contribution in [-0.2, 0) is 27.4 Å². The number of nitrogens with one attached hydrogen (secondary N) is 1. The predicted octanol–water partition coefficient (Wildman–Crippen LogP) is 6.14. The third kappa shape index (κ3) is 8.73. The van der Waals surface area contributed by atoms with E-state index in [9.17, 15) is 9.59 Å². The largest absolute Gasteiger partial charge is 0.462 e. The first kappa shape index (κ1) is 30.9. The fraction of sp³-hybridized carbons (Fsp3) is 0.314. The molecule has 7 heteroatoms. The molecule has 1 fully saturated rings. The number of nitrogens with two attached hydrogens (primary N) is 1. The van der Waals surface area contributed by atoms with Crippen molar-refractivity contribution in [3.05, 3.63) is 113 Å². The van der Waals surface area contributed by atoms with E-state index >= 15 is 0 Å². The van der Waals surface area contributed by atoms with Crippen molar-refractivity contribution in [2.24, 2.45) is 5.73 Å². The number of piperidine rings is 1. The fourth-order valence-electron chi connectivity index (χ4n) is 4.96. The summed E-state index contributed by atoms with van der Waals surface area (Å²) in [6.45, 7) is 8.55. The van der Waals surface area contributed by atoms with Gasteiger partial charge in [0, 0.05) is 19.0 Å². The lowest BCUT2D eigenvalue weighted by Gasteiger charge is -2.33. The van der Waals surface area contributed by atoms with Gasteiger partial charge in [-0.3, -0.25) is 4.79 Å². The Kier molecular flexibility index (Phi) is 10.8. The number of rotatable bonds is 8. The van der Waals surface area contributed by atoms with Crippen LogP contribution in [-0.4, -0.2) is 37.2 Å². The molecular formula is C35H40N2O5. The lowest BCUT2D eigenvalue weighted by atomic mass is 9.84. The van der Waals surface area contributed by atoms with Gasteiger partial charge >= 0.3 is 5.97 Å². The van der Waals surface area contributed by atoms with Crippen molar-refractivity contribution in [2.45, 2.75) is 58.0 Å². The van der Waals surface area contributed by atoms with Crippen LogP contribution in [0.2, 0.25) is 0 Å². The summed E-state index contributed by atoms with van der Waals surface area (Å²) in [4.78, 5) is 22.1. The molecule has 0 saturated carbocycles. The van der Waals surface area contributed by atoms with Crippen LogP contribution < -0.4 is 15.8 Å². The standard InChI is InChI=1S/C30H30N2O3.C5H10O2/c31-18-25-17-26(35-30(33)23-7-2-1-3-8-23)12-13-27(25)28-14-15-32-19-29(28)34-20-21-10-11-22-6-4-5-9-24(22)16-21;1-5(2,3)7-4-6/h1-13,16-17,28-29,32H,14-15,18-20,31H2;4H,1-3H3. The number of esters is 1. The molecule has 1 aliphatic heterocycles. The molecule has 0 bridgehead atoms. The van der Waals surface area contributed by atoms with Crippen LogP contribution in [0.4, 0.5) is 0 Å². The number of hydrogen-bond donors (Lipinski definition) is 2. The average Bonchev–Trinajstić information content (AvgIpc) is 3.00. The smallest absolute Gasteiger partial charge is 0.343 e. The van der Waals surface area contributed by atoms with Crippen molar-refractivity contribution >= 4 is 23.2 Å². The average molecular weight is 569 g/mol. The molecule has 2 unspecified atom stereocenters. The van der Waals surface area contributed by atoms with Crippen molar-refractivity contribution in [3.8, 4) is 5.75 Å². The van der Waals surface area contributed by atoms with Crippen LogP contribution in [0.1, 0.15) is 60.2 Å². The molecular weight excluding hydrogens is 528 g/mol. The molecule has 1 heterocycles. The van der Waals surface area contributed by atoms with Gasteiger partial charge in [-0.25, -0.2) is 4.79 Å². The van der Waals surface area contributed by atoms with E-state index in [0.29, 0.717) is 30.9 Å². The molecule has 3 N–H and O–H groups in total. The molecule has 5 rings (SSSR count). The Hall–Kier alpha value is -4.04. The summed E-state index contributed by atoms with van der Waals surface area (Å²) in [6.07, 6.45) is 0.983. The van der Waals surface area contributed by atoms with Crippen molar-refractivity contribution < 1.29 is 23.8 Å². The van der Waals surface area contributed by atoms with Gasteiger partial charge in [-0.05, 0) is 91.5 Å². The maximum atomic E-state index is 12.5. The normalized spacial score (nSPS) is 16.7. The van der Waals surface area contributed by atoms with Crippen molar-refractivity contribution in [1.82, 2.24) is 5.32 Å². The van der Waals surface area contributed by atoms with Gasteiger partial charge in [-0.1, -0.05) is 60.7 Å². The van der Waals surface area contributed by atoms with Gasteiger partial charge in [0.1, 0.15) is 11.4 Å².